The number of nitrogens with zero attached hydrogens (tertiary/aromatic N) is 3. The highest BCUT2D eigenvalue weighted by Gasteiger charge is 2.54. The molecule has 2 atom stereocenters. The van der Waals surface area contributed by atoms with Crippen molar-refractivity contribution in [3.63, 3.8) is 0 Å². The molecule has 2 aromatic rings. The number of thiazole rings is 1. The van der Waals surface area contributed by atoms with Crippen LogP contribution in [0.3, 0.4) is 0 Å². The number of aromatic nitrogens is 1. The highest BCUT2D eigenvalue weighted by Crippen LogP contribution is 2.40. The van der Waals surface area contributed by atoms with E-state index in [0.29, 0.717) is 5.56 Å². The lowest BCUT2D eigenvalue weighted by Crippen LogP contribution is -2.71. The van der Waals surface area contributed by atoms with Crippen LogP contribution in [-0.4, -0.2) is 75.3 Å². The van der Waals surface area contributed by atoms with Gasteiger partial charge in [0.05, 0.1) is 5.56 Å². The van der Waals surface area contributed by atoms with Gasteiger partial charge in [0.15, 0.2) is 10.8 Å². The molecule has 1 unspecified atom stereocenters. The summed E-state index contributed by atoms with van der Waals surface area (Å²) in [5, 5.41) is 17.1. The highest BCUT2D eigenvalue weighted by molar-refractivity contribution is 8.00. The van der Waals surface area contributed by atoms with Crippen molar-refractivity contribution < 1.29 is 33.9 Å². The number of anilines is 1. The minimum atomic E-state index is -1.33. The molecule has 1 fully saturated rings. The number of hydrogen-bond acceptors (Lipinski definition) is 11. The number of fused-ring (bicyclic) bond motifs is 1. The van der Waals surface area contributed by atoms with Gasteiger partial charge in [-0.25, -0.2) is 14.6 Å². The van der Waals surface area contributed by atoms with Crippen molar-refractivity contribution in [3.05, 3.63) is 58.2 Å². The Morgan fingerprint density at radius 1 is 1.31 bits per heavy atom. The fraction of sp³-hybridized carbons (Fsp3) is 0.238. The Labute approximate surface area is 206 Å². The number of rotatable bonds is 8. The molecule has 1 aromatic heterocycles. The lowest BCUT2D eigenvalue weighted by Gasteiger charge is -2.49. The lowest BCUT2D eigenvalue weighted by molar-refractivity contribution is -0.150. The Balaban J connectivity index is 1.47. The van der Waals surface area contributed by atoms with Crippen LogP contribution in [0.25, 0.3) is 0 Å². The van der Waals surface area contributed by atoms with Crippen molar-refractivity contribution in [3.8, 4) is 0 Å². The molecule has 1 saturated heterocycles. The number of carbonyl (C=O) groups excluding carboxylic acids is 3. The van der Waals surface area contributed by atoms with Crippen molar-refractivity contribution in [2.45, 2.75) is 11.4 Å². The minimum Gasteiger partial charge on any atom is -0.477 e. The monoisotopic (exact) mass is 517 g/mol. The summed E-state index contributed by atoms with van der Waals surface area (Å²) in [5.74, 6) is -3.10. The first-order valence-electron chi connectivity index (χ1n) is 10.1. The van der Waals surface area contributed by atoms with Crippen molar-refractivity contribution >= 4 is 57.7 Å². The van der Waals surface area contributed by atoms with E-state index in [9.17, 15) is 24.3 Å². The number of β-lactam (4-membered cyclic amide) rings is 1. The van der Waals surface area contributed by atoms with Gasteiger partial charge in [-0.05, 0) is 12.1 Å². The number of nitrogens with two attached hydrogens (primary N) is 1. The van der Waals surface area contributed by atoms with Crippen LogP contribution < -0.4 is 11.1 Å². The van der Waals surface area contributed by atoms with Gasteiger partial charge in [0.25, 0.3) is 11.8 Å². The Hall–Kier alpha value is -3.91. The zero-order valence-corrected chi connectivity index (χ0v) is 19.8. The molecular formula is C21H19N5O7S2. The number of ether oxygens (including phenoxy) is 1. The van der Waals surface area contributed by atoms with E-state index in [0.717, 1.165) is 16.2 Å². The molecule has 2 amide bonds. The van der Waals surface area contributed by atoms with Crippen LogP contribution in [0.15, 0.2) is 52.1 Å². The average Bonchev–Trinajstić information content (AvgIpc) is 3.29. The highest BCUT2D eigenvalue weighted by atomic mass is 32.2. The van der Waals surface area contributed by atoms with Crippen molar-refractivity contribution in [2.24, 2.45) is 5.16 Å². The Bertz CT molecular complexity index is 1240. The molecule has 1 aromatic carbocycles. The van der Waals surface area contributed by atoms with Gasteiger partial charge < -0.3 is 25.7 Å². The number of nitrogen functional groups attached to an aromatic ring is 1. The van der Waals surface area contributed by atoms with Gasteiger partial charge in [-0.1, -0.05) is 23.4 Å². The molecule has 4 rings (SSSR count). The summed E-state index contributed by atoms with van der Waals surface area (Å²) in [4.78, 5) is 59.7. The first-order valence-corrected chi connectivity index (χ1v) is 12.0. The van der Waals surface area contributed by atoms with Crippen LogP contribution in [0.5, 0.6) is 0 Å². The summed E-state index contributed by atoms with van der Waals surface area (Å²) in [7, 11) is 1.26. The summed E-state index contributed by atoms with van der Waals surface area (Å²) in [6.45, 7) is -0.286. The molecule has 2 aliphatic rings. The Morgan fingerprint density at radius 2 is 2.06 bits per heavy atom. The maximum atomic E-state index is 12.9. The van der Waals surface area contributed by atoms with Crippen LogP contribution >= 0.6 is 23.1 Å². The maximum Gasteiger partial charge on any atom is 0.352 e. The predicted molar refractivity (Wildman–Crippen MR) is 126 cm³/mol. The van der Waals surface area contributed by atoms with E-state index >= 15 is 0 Å². The molecule has 182 valence electrons. The molecule has 0 bridgehead atoms. The number of benzene rings is 1. The standard InChI is InChI=1S/C21H19N5O7S2/c1-32-25-13(12-9-35-21(22)23-12)16(27)24-14-17(28)26-15(19(29)30)11(8-34-18(14)26)7-33-20(31)10-5-3-2-4-6-10/h2-6,9,14,18H,7-8H2,1H3,(H2,22,23)(H,24,27)(H,29,30)/t14?,18-/m0/s1. The van der Waals surface area contributed by atoms with E-state index in [1.807, 2.05) is 0 Å². The zero-order valence-electron chi connectivity index (χ0n) is 18.2. The lowest BCUT2D eigenvalue weighted by atomic mass is 10.0. The number of aliphatic carboxylic acids is 1. The number of nitrogens with one attached hydrogen (secondary N) is 1. The van der Waals surface area contributed by atoms with Gasteiger partial charge in [0.1, 0.15) is 36.5 Å². The van der Waals surface area contributed by atoms with Crippen LogP contribution in [0.4, 0.5) is 5.13 Å². The Morgan fingerprint density at radius 3 is 2.69 bits per heavy atom. The molecule has 3 heterocycles. The first-order chi connectivity index (χ1) is 16.8. The number of amides is 2. The third-order valence-electron chi connectivity index (χ3n) is 5.09. The van der Waals surface area contributed by atoms with E-state index < -0.39 is 35.2 Å². The number of carbonyl (C=O) groups is 4. The van der Waals surface area contributed by atoms with Crippen molar-refractivity contribution in [1.82, 2.24) is 15.2 Å². The molecule has 12 nitrogen and oxygen atoms in total. The molecule has 2 aliphatic heterocycles. The second kappa shape index (κ2) is 10.1. The van der Waals surface area contributed by atoms with Crippen LogP contribution in [0.2, 0.25) is 0 Å². The summed E-state index contributed by atoms with van der Waals surface area (Å²) >= 11 is 2.35. The SMILES string of the molecule is CON=C(C(=O)NC1C(=O)N2C(C(=O)O)=C(COC(=O)c3ccccc3)CS[C@@H]12)c1csc(N)n1. The molecule has 14 heteroatoms. The van der Waals surface area contributed by atoms with Gasteiger partial charge in [-0.2, -0.15) is 0 Å². The fourth-order valence-corrected chi connectivity index (χ4v) is 5.38. The number of esters is 1. The molecule has 0 radical (unpaired) electrons. The van der Waals surface area contributed by atoms with E-state index in [2.05, 4.69) is 15.5 Å². The van der Waals surface area contributed by atoms with E-state index in [4.69, 9.17) is 15.3 Å². The molecule has 35 heavy (non-hydrogen) atoms. The van der Waals surface area contributed by atoms with Crippen molar-refractivity contribution in [2.75, 3.05) is 25.2 Å². The molecule has 0 aliphatic carbocycles. The molecule has 0 spiro atoms. The maximum absolute atomic E-state index is 12.9. The fourth-order valence-electron chi connectivity index (χ4n) is 3.51. The number of oxime groups is 1. The van der Waals surface area contributed by atoms with Gasteiger partial charge in [0.2, 0.25) is 0 Å². The second-order valence-corrected chi connectivity index (χ2v) is 9.25. The Kier molecular flexibility index (Phi) is 7.02. The zero-order chi connectivity index (χ0) is 25.1. The van der Waals surface area contributed by atoms with E-state index in [-0.39, 0.29) is 40.2 Å². The van der Waals surface area contributed by atoms with Gasteiger partial charge in [-0.15, -0.1) is 23.1 Å². The minimum absolute atomic E-state index is 0.171. The quantitative estimate of drug-likeness (QED) is 0.195. The normalized spacial score (nSPS) is 19.5. The summed E-state index contributed by atoms with van der Waals surface area (Å²) in [5.41, 5.74) is 5.97. The van der Waals surface area contributed by atoms with Gasteiger partial charge in [-0.3, -0.25) is 14.5 Å². The number of thioether (sulfide) groups is 1. The number of hydrogen-bond donors (Lipinski definition) is 3. The summed E-state index contributed by atoms with van der Waals surface area (Å²) < 4.78 is 5.26. The molecule has 0 saturated carbocycles. The van der Waals surface area contributed by atoms with E-state index in [1.165, 1.54) is 24.3 Å². The van der Waals surface area contributed by atoms with E-state index in [1.54, 1.807) is 30.3 Å². The third-order valence-corrected chi connectivity index (χ3v) is 7.10. The number of carboxylic acid groups (broad SMARTS) is 1. The topological polar surface area (TPSA) is 174 Å². The van der Waals surface area contributed by atoms with Crippen LogP contribution in [0.1, 0.15) is 16.1 Å². The van der Waals surface area contributed by atoms with Crippen LogP contribution in [0, 0.1) is 0 Å². The molecule has 4 N–H and O–H groups in total. The second-order valence-electron chi connectivity index (χ2n) is 7.25. The van der Waals surface area contributed by atoms with Crippen molar-refractivity contribution in [1.29, 1.82) is 0 Å². The predicted octanol–water partition coefficient (Wildman–Crippen LogP) is 0.671. The summed E-state index contributed by atoms with van der Waals surface area (Å²) in [6.07, 6.45) is 0. The summed E-state index contributed by atoms with van der Waals surface area (Å²) in [6, 6.07) is 7.27. The van der Waals surface area contributed by atoms with Gasteiger partial charge >= 0.3 is 11.9 Å². The largest absolute Gasteiger partial charge is 0.477 e. The van der Waals surface area contributed by atoms with Gasteiger partial charge in [0, 0.05) is 16.7 Å². The number of carboxylic acids is 1. The molecular weight excluding hydrogens is 498 g/mol. The first kappa shape index (κ1) is 24.2. The average molecular weight is 518 g/mol. The third kappa shape index (κ3) is 4.83. The van der Waals surface area contributed by atoms with Crippen LogP contribution in [-0.2, 0) is 24.0 Å². The smallest absolute Gasteiger partial charge is 0.352 e.